The van der Waals surface area contributed by atoms with Crippen LogP contribution in [0.5, 0.6) is 0 Å². The Hall–Kier alpha value is -0.650. The Kier molecular flexibility index (Phi) is 3.24. The Balaban J connectivity index is 2.21. The highest BCUT2D eigenvalue weighted by atomic mass is 17.1. The van der Waals surface area contributed by atoms with Gasteiger partial charge in [-0.05, 0) is 20.3 Å². The third-order valence-electron chi connectivity index (χ3n) is 1.84. The lowest BCUT2D eigenvalue weighted by Crippen LogP contribution is -2.21. The van der Waals surface area contributed by atoms with E-state index in [1.165, 1.54) is 0 Å². The van der Waals surface area contributed by atoms with Crippen LogP contribution in [0.3, 0.4) is 0 Å². The van der Waals surface area contributed by atoms with Crippen molar-refractivity contribution in [2.45, 2.75) is 38.6 Å². The van der Waals surface area contributed by atoms with Crippen LogP contribution in [0.2, 0.25) is 0 Å². The zero-order valence-corrected chi connectivity index (χ0v) is 7.78. The third-order valence-corrected chi connectivity index (χ3v) is 1.84. The first-order valence-corrected chi connectivity index (χ1v) is 4.19. The molecule has 1 rings (SSSR count). The molecule has 13 heavy (non-hydrogen) atoms. The Morgan fingerprint density at radius 2 is 2.38 bits per heavy atom. The normalized spacial score (nSPS) is 25.9. The van der Waals surface area contributed by atoms with Crippen LogP contribution in [-0.4, -0.2) is 29.7 Å². The van der Waals surface area contributed by atoms with Gasteiger partial charge in [0.05, 0.1) is 19.1 Å². The maximum Gasteiger partial charge on any atom is 0.342 e. The number of rotatable bonds is 3. The van der Waals surface area contributed by atoms with Gasteiger partial charge >= 0.3 is 5.97 Å². The van der Waals surface area contributed by atoms with Crippen LogP contribution in [0, 0.1) is 0 Å². The van der Waals surface area contributed by atoms with Crippen molar-refractivity contribution < 1.29 is 24.4 Å². The van der Waals surface area contributed by atoms with Crippen molar-refractivity contribution in [1.29, 1.82) is 0 Å². The fraction of sp³-hybridized carbons (Fsp3) is 0.875. The molecule has 0 radical (unpaired) electrons. The molecular formula is C8H14O5. The van der Waals surface area contributed by atoms with E-state index in [9.17, 15) is 4.79 Å². The van der Waals surface area contributed by atoms with Crippen LogP contribution < -0.4 is 0 Å². The molecule has 0 spiro atoms. The van der Waals surface area contributed by atoms with Gasteiger partial charge in [-0.2, -0.15) is 5.26 Å². The zero-order chi connectivity index (χ0) is 9.90. The van der Waals surface area contributed by atoms with Crippen LogP contribution in [0.15, 0.2) is 0 Å². The summed E-state index contributed by atoms with van der Waals surface area (Å²) in [7, 11) is 0. The van der Waals surface area contributed by atoms with Crippen molar-refractivity contribution in [2.24, 2.45) is 0 Å². The molecule has 1 aliphatic rings. The van der Waals surface area contributed by atoms with Gasteiger partial charge in [-0.25, -0.2) is 4.79 Å². The van der Waals surface area contributed by atoms with Gasteiger partial charge in [0.1, 0.15) is 0 Å². The predicted octanol–water partition coefficient (Wildman–Crippen LogP) is 0.934. The maximum atomic E-state index is 10.6. The molecule has 0 bridgehead atoms. The molecule has 0 aromatic heterocycles. The lowest BCUT2D eigenvalue weighted by Gasteiger charge is -2.16. The molecule has 1 saturated heterocycles. The van der Waals surface area contributed by atoms with Crippen molar-refractivity contribution in [1.82, 2.24) is 0 Å². The topological polar surface area (TPSA) is 65.0 Å². The van der Waals surface area contributed by atoms with Crippen molar-refractivity contribution in [3.63, 3.8) is 0 Å². The van der Waals surface area contributed by atoms with Gasteiger partial charge in [0.15, 0.2) is 5.79 Å². The smallest absolute Gasteiger partial charge is 0.342 e. The first kappa shape index (κ1) is 10.4. The van der Waals surface area contributed by atoms with E-state index in [4.69, 9.17) is 14.7 Å². The van der Waals surface area contributed by atoms with E-state index in [1.54, 1.807) is 0 Å². The molecule has 0 aliphatic carbocycles. The maximum absolute atomic E-state index is 10.6. The van der Waals surface area contributed by atoms with Gasteiger partial charge in [0.2, 0.25) is 0 Å². The van der Waals surface area contributed by atoms with Crippen LogP contribution >= 0.6 is 0 Å². The molecule has 0 aromatic rings. The molecule has 0 unspecified atom stereocenters. The molecule has 0 saturated carbocycles. The fourth-order valence-corrected chi connectivity index (χ4v) is 1.23. The van der Waals surface area contributed by atoms with E-state index in [1.807, 2.05) is 13.8 Å². The summed E-state index contributed by atoms with van der Waals surface area (Å²) >= 11 is 0. The van der Waals surface area contributed by atoms with E-state index in [0.29, 0.717) is 13.0 Å². The second-order valence-corrected chi connectivity index (χ2v) is 3.45. The average molecular weight is 190 g/mol. The summed E-state index contributed by atoms with van der Waals surface area (Å²) in [6.07, 6.45) is 0.553. The van der Waals surface area contributed by atoms with Crippen LogP contribution in [-0.2, 0) is 19.2 Å². The Morgan fingerprint density at radius 1 is 1.69 bits per heavy atom. The standard InChI is InChI=1S/C8H14O5/c1-8(2)11-5-6(12-8)3-4-7(9)13-10/h6,10H,3-5H2,1-2H3/t6-/m1/s1. The highest BCUT2D eigenvalue weighted by Gasteiger charge is 2.32. The van der Waals surface area contributed by atoms with Gasteiger partial charge in [-0.15, -0.1) is 0 Å². The third kappa shape index (κ3) is 3.30. The first-order chi connectivity index (χ1) is 6.03. The highest BCUT2D eigenvalue weighted by Crippen LogP contribution is 2.24. The minimum absolute atomic E-state index is 0.0888. The lowest BCUT2D eigenvalue weighted by atomic mass is 10.2. The predicted molar refractivity (Wildman–Crippen MR) is 42.9 cm³/mol. The number of carbonyl (C=O) groups is 1. The Morgan fingerprint density at radius 3 is 2.85 bits per heavy atom. The quantitative estimate of drug-likeness (QED) is 0.529. The van der Waals surface area contributed by atoms with Crippen molar-refractivity contribution in [2.75, 3.05) is 6.61 Å². The molecule has 1 heterocycles. The molecular weight excluding hydrogens is 176 g/mol. The van der Waals surface area contributed by atoms with Crippen molar-refractivity contribution in [3.05, 3.63) is 0 Å². The Labute approximate surface area is 76.5 Å². The van der Waals surface area contributed by atoms with Gasteiger partial charge in [-0.3, -0.25) is 0 Å². The number of hydrogen-bond donors (Lipinski definition) is 1. The first-order valence-electron chi connectivity index (χ1n) is 4.19. The van der Waals surface area contributed by atoms with Crippen LogP contribution in [0.4, 0.5) is 0 Å². The molecule has 5 nitrogen and oxygen atoms in total. The summed E-state index contributed by atoms with van der Waals surface area (Å²) in [5.41, 5.74) is 0. The van der Waals surface area contributed by atoms with E-state index < -0.39 is 11.8 Å². The van der Waals surface area contributed by atoms with Crippen molar-refractivity contribution >= 4 is 5.97 Å². The summed E-state index contributed by atoms with van der Waals surface area (Å²) in [6, 6.07) is 0. The van der Waals surface area contributed by atoms with Gasteiger partial charge in [0.25, 0.3) is 0 Å². The van der Waals surface area contributed by atoms with Gasteiger partial charge < -0.3 is 14.4 Å². The summed E-state index contributed by atoms with van der Waals surface area (Å²) < 4.78 is 10.7. The molecule has 1 N–H and O–H groups in total. The van der Waals surface area contributed by atoms with Gasteiger partial charge in [0, 0.05) is 0 Å². The second-order valence-electron chi connectivity index (χ2n) is 3.45. The van der Waals surface area contributed by atoms with E-state index in [-0.39, 0.29) is 12.5 Å². The molecule has 1 fully saturated rings. The fourth-order valence-electron chi connectivity index (χ4n) is 1.23. The van der Waals surface area contributed by atoms with Gasteiger partial charge in [-0.1, -0.05) is 0 Å². The summed E-state index contributed by atoms with van der Waals surface area (Å²) in [6.45, 7) is 4.11. The summed E-state index contributed by atoms with van der Waals surface area (Å²) in [5, 5.41) is 7.99. The molecule has 0 amide bonds. The van der Waals surface area contributed by atoms with E-state index in [2.05, 4.69) is 4.89 Å². The number of ether oxygens (including phenoxy) is 2. The van der Waals surface area contributed by atoms with Crippen molar-refractivity contribution in [3.8, 4) is 0 Å². The summed E-state index contributed by atoms with van der Waals surface area (Å²) in [5.74, 6) is -1.21. The average Bonchev–Trinajstić information content (AvgIpc) is 2.41. The largest absolute Gasteiger partial charge is 0.348 e. The summed E-state index contributed by atoms with van der Waals surface area (Å²) in [4.78, 5) is 14.1. The SMILES string of the molecule is CC1(C)OC[C@@H](CCC(=O)OO)O1. The molecule has 1 atom stereocenters. The minimum atomic E-state index is -0.645. The molecule has 0 aromatic carbocycles. The zero-order valence-electron chi connectivity index (χ0n) is 7.78. The molecule has 5 heteroatoms. The highest BCUT2D eigenvalue weighted by molar-refractivity contribution is 5.68. The monoisotopic (exact) mass is 190 g/mol. The van der Waals surface area contributed by atoms with Crippen LogP contribution in [0.1, 0.15) is 26.7 Å². The lowest BCUT2D eigenvalue weighted by molar-refractivity contribution is -0.234. The van der Waals surface area contributed by atoms with Crippen LogP contribution in [0.25, 0.3) is 0 Å². The number of carbonyl (C=O) groups excluding carboxylic acids is 1. The second kappa shape index (κ2) is 4.04. The molecule has 76 valence electrons. The number of hydrogen-bond acceptors (Lipinski definition) is 5. The van der Waals surface area contributed by atoms with E-state index >= 15 is 0 Å². The van der Waals surface area contributed by atoms with E-state index in [0.717, 1.165) is 0 Å². The molecule has 1 aliphatic heterocycles. The minimum Gasteiger partial charge on any atom is -0.348 e. The Bertz CT molecular complexity index is 189.